The van der Waals surface area contributed by atoms with Crippen molar-refractivity contribution >= 4 is 33.1 Å². The van der Waals surface area contributed by atoms with Gasteiger partial charge in [0.15, 0.2) is 9.84 Å². The van der Waals surface area contributed by atoms with Crippen molar-refractivity contribution in [1.82, 2.24) is 0 Å². The lowest BCUT2D eigenvalue weighted by atomic mass is 10.2. The molecule has 1 aromatic carbocycles. The highest BCUT2D eigenvalue weighted by Crippen LogP contribution is 2.19. The molecule has 0 fully saturated rings. The molecular formula is C12H15FN2O5S. The minimum absolute atomic E-state index is 0.0182. The molecule has 0 spiro atoms. The summed E-state index contributed by atoms with van der Waals surface area (Å²) < 4.78 is 40.4. The summed E-state index contributed by atoms with van der Waals surface area (Å²) in [6.07, 6.45) is -0.329. The Bertz CT molecular complexity index is 645. The van der Waals surface area contributed by atoms with Crippen molar-refractivity contribution in [2.45, 2.75) is 6.42 Å². The quantitative estimate of drug-likeness (QED) is 0.576. The van der Waals surface area contributed by atoms with E-state index in [0.717, 1.165) is 19.2 Å². The van der Waals surface area contributed by atoms with Gasteiger partial charge in [-0.2, -0.15) is 0 Å². The number of hydrogen-bond acceptors (Lipinski definition) is 6. The Kier molecular flexibility index (Phi) is 5.65. The number of rotatable bonds is 6. The Morgan fingerprint density at radius 2 is 2.05 bits per heavy atom. The number of ether oxygens (including phenoxy) is 1. The van der Waals surface area contributed by atoms with Crippen LogP contribution < -0.4 is 11.1 Å². The van der Waals surface area contributed by atoms with Crippen LogP contribution in [0.15, 0.2) is 18.2 Å². The maximum atomic E-state index is 12.8. The van der Waals surface area contributed by atoms with Gasteiger partial charge in [0.05, 0.1) is 30.7 Å². The fourth-order valence-electron chi connectivity index (χ4n) is 1.45. The molecule has 0 aliphatic heterocycles. The van der Waals surface area contributed by atoms with Gasteiger partial charge < -0.3 is 15.8 Å². The Morgan fingerprint density at radius 1 is 1.38 bits per heavy atom. The first-order valence-corrected chi connectivity index (χ1v) is 7.68. The molecule has 0 aromatic heterocycles. The molecule has 0 aliphatic carbocycles. The molecule has 0 saturated heterocycles. The van der Waals surface area contributed by atoms with E-state index in [9.17, 15) is 22.4 Å². The Balaban J connectivity index is 2.62. The summed E-state index contributed by atoms with van der Waals surface area (Å²) in [4.78, 5) is 22.5. The van der Waals surface area contributed by atoms with Crippen LogP contribution in [0.4, 0.5) is 15.8 Å². The predicted octanol–water partition coefficient (Wildman–Crippen LogP) is 0.324. The number of nitrogens with one attached hydrogen (secondary N) is 1. The number of methoxy groups -OCH3 is 1. The summed E-state index contributed by atoms with van der Waals surface area (Å²) in [6, 6.07) is 3.31. The van der Waals surface area contributed by atoms with E-state index in [2.05, 4.69) is 10.1 Å². The van der Waals surface area contributed by atoms with E-state index in [-0.39, 0.29) is 17.8 Å². The zero-order chi connectivity index (χ0) is 16.0. The monoisotopic (exact) mass is 318 g/mol. The molecule has 3 N–H and O–H groups in total. The van der Waals surface area contributed by atoms with Crippen molar-refractivity contribution in [2.24, 2.45) is 0 Å². The second kappa shape index (κ2) is 7.02. The number of esters is 1. The molecule has 0 aliphatic rings. The van der Waals surface area contributed by atoms with E-state index in [4.69, 9.17) is 5.73 Å². The number of benzene rings is 1. The summed E-state index contributed by atoms with van der Waals surface area (Å²) in [5.41, 5.74) is 5.58. The minimum atomic E-state index is -3.75. The van der Waals surface area contributed by atoms with Crippen LogP contribution in [0, 0.1) is 5.82 Å². The topological polar surface area (TPSA) is 116 Å². The number of halogens is 1. The van der Waals surface area contributed by atoms with E-state index in [0.29, 0.717) is 0 Å². The lowest BCUT2D eigenvalue weighted by Crippen LogP contribution is -2.26. The lowest BCUT2D eigenvalue weighted by molar-refractivity contribution is -0.140. The predicted molar refractivity (Wildman–Crippen MR) is 74.7 cm³/mol. The van der Waals surface area contributed by atoms with Crippen LogP contribution in [0.2, 0.25) is 0 Å². The number of amides is 1. The van der Waals surface area contributed by atoms with E-state index in [1.54, 1.807) is 0 Å². The van der Waals surface area contributed by atoms with Gasteiger partial charge in [-0.1, -0.05) is 0 Å². The van der Waals surface area contributed by atoms with Crippen LogP contribution in [0.3, 0.4) is 0 Å². The number of carbonyl (C=O) groups is 2. The van der Waals surface area contributed by atoms with Crippen LogP contribution in [0.5, 0.6) is 0 Å². The van der Waals surface area contributed by atoms with Crippen LogP contribution in [-0.4, -0.2) is 38.9 Å². The zero-order valence-electron chi connectivity index (χ0n) is 11.3. The van der Waals surface area contributed by atoms with Crippen LogP contribution in [0.1, 0.15) is 6.42 Å². The SMILES string of the molecule is COC(=O)CCS(=O)(=O)CC(=O)Nc1ccc(F)cc1N. The molecule has 1 aromatic rings. The van der Waals surface area contributed by atoms with Crippen LogP contribution >= 0.6 is 0 Å². The molecule has 0 bridgehead atoms. The third-order valence-corrected chi connectivity index (χ3v) is 4.01. The number of nitrogens with two attached hydrogens (primary N) is 1. The summed E-state index contributed by atoms with van der Waals surface area (Å²) in [5, 5.41) is 2.27. The highest BCUT2D eigenvalue weighted by molar-refractivity contribution is 7.92. The van der Waals surface area contributed by atoms with Gasteiger partial charge in [-0.05, 0) is 18.2 Å². The first-order valence-electron chi connectivity index (χ1n) is 5.85. The zero-order valence-corrected chi connectivity index (χ0v) is 12.1. The van der Waals surface area contributed by atoms with Crippen molar-refractivity contribution in [1.29, 1.82) is 0 Å². The molecule has 1 rings (SSSR count). The average molecular weight is 318 g/mol. The van der Waals surface area contributed by atoms with E-state index >= 15 is 0 Å². The number of nitrogen functional groups attached to an aromatic ring is 1. The van der Waals surface area contributed by atoms with Crippen molar-refractivity contribution in [3.05, 3.63) is 24.0 Å². The number of anilines is 2. The number of carbonyl (C=O) groups excluding carboxylic acids is 2. The van der Waals surface area contributed by atoms with Gasteiger partial charge in [0, 0.05) is 0 Å². The molecular weight excluding hydrogens is 303 g/mol. The normalized spacial score (nSPS) is 11.0. The van der Waals surface area contributed by atoms with Crippen molar-refractivity contribution in [3.63, 3.8) is 0 Å². The second-order valence-electron chi connectivity index (χ2n) is 4.20. The second-order valence-corrected chi connectivity index (χ2v) is 6.38. The summed E-state index contributed by atoms with van der Waals surface area (Å²) in [5.74, 6) is -3.37. The summed E-state index contributed by atoms with van der Waals surface area (Å²) in [7, 11) is -2.62. The Morgan fingerprint density at radius 3 is 2.62 bits per heavy atom. The fourth-order valence-corrected chi connectivity index (χ4v) is 2.54. The molecule has 116 valence electrons. The maximum absolute atomic E-state index is 12.8. The largest absolute Gasteiger partial charge is 0.469 e. The average Bonchev–Trinajstić information content (AvgIpc) is 2.38. The summed E-state index contributed by atoms with van der Waals surface area (Å²) in [6.45, 7) is 0. The third kappa shape index (κ3) is 5.78. The Labute approximate surface area is 121 Å². The Hall–Kier alpha value is -2.16. The van der Waals surface area contributed by atoms with Gasteiger partial charge in [-0.3, -0.25) is 9.59 Å². The smallest absolute Gasteiger partial charge is 0.306 e. The highest BCUT2D eigenvalue weighted by atomic mass is 32.2. The molecule has 0 radical (unpaired) electrons. The van der Waals surface area contributed by atoms with E-state index in [1.165, 1.54) is 6.07 Å². The molecule has 0 heterocycles. The molecule has 0 atom stereocenters. The van der Waals surface area contributed by atoms with E-state index in [1.807, 2.05) is 0 Å². The van der Waals surface area contributed by atoms with Crippen molar-refractivity contribution in [2.75, 3.05) is 29.7 Å². The van der Waals surface area contributed by atoms with Gasteiger partial charge in [0.1, 0.15) is 11.6 Å². The van der Waals surface area contributed by atoms with Crippen molar-refractivity contribution < 1.29 is 27.1 Å². The van der Waals surface area contributed by atoms with Gasteiger partial charge >= 0.3 is 5.97 Å². The van der Waals surface area contributed by atoms with Crippen LogP contribution in [-0.2, 0) is 24.2 Å². The molecule has 7 nitrogen and oxygen atoms in total. The maximum Gasteiger partial charge on any atom is 0.306 e. The molecule has 0 unspecified atom stereocenters. The first-order chi connectivity index (χ1) is 9.73. The van der Waals surface area contributed by atoms with Gasteiger partial charge in [-0.15, -0.1) is 0 Å². The molecule has 1 amide bonds. The van der Waals surface area contributed by atoms with E-state index < -0.39 is 39.0 Å². The van der Waals surface area contributed by atoms with Gasteiger partial charge in [0.25, 0.3) is 0 Å². The first kappa shape index (κ1) is 16.9. The third-order valence-electron chi connectivity index (χ3n) is 2.48. The van der Waals surface area contributed by atoms with Gasteiger partial charge in [-0.25, -0.2) is 12.8 Å². The highest BCUT2D eigenvalue weighted by Gasteiger charge is 2.19. The summed E-state index contributed by atoms with van der Waals surface area (Å²) >= 11 is 0. The molecule has 0 saturated carbocycles. The standard InChI is InChI=1S/C12H15FN2O5S/c1-20-12(17)4-5-21(18,19)7-11(16)15-10-3-2-8(13)6-9(10)14/h2-3,6H,4-5,7,14H2,1H3,(H,15,16). The number of hydrogen-bond donors (Lipinski definition) is 2. The number of sulfone groups is 1. The van der Waals surface area contributed by atoms with Crippen LogP contribution in [0.25, 0.3) is 0 Å². The minimum Gasteiger partial charge on any atom is -0.469 e. The fraction of sp³-hybridized carbons (Fsp3) is 0.333. The molecule has 9 heteroatoms. The lowest BCUT2D eigenvalue weighted by Gasteiger charge is -2.08. The molecule has 21 heavy (non-hydrogen) atoms. The van der Waals surface area contributed by atoms with Gasteiger partial charge in [0.2, 0.25) is 5.91 Å². The van der Waals surface area contributed by atoms with Crippen molar-refractivity contribution in [3.8, 4) is 0 Å².